The predicted octanol–water partition coefficient (Wildman–Crippen LogP) is 3.19. The van der Waals surface area contributed by atoms with E-state index in [2.05, 4.69) is 59.0 Å². The molecule has 0 atom stereocenters. The van der Waals surface area contributed by atoms with Crippen molar-refractivity contribution >= 4 is 33.2 Å². The molecule has 0 radical (unpaired) electrons. The van der Waals surface area contributed by atoms with E-state index in [0.717, 1.165) is 17.6 Å². The smallest absolute Gasteiger partial charge is 0.0494 e. The third kappa shape index (κ3) is 3.96. The second kappa shape index (κ2) is 6.48. The summed E-state index contributed by atoms with van der Waals surface area (Å²) in [7, 11) is 6.26. The average molecular weight is 306 g/mol. The maximum Gasteiger partial charge on any atom is 0.0494 e. The van der Waals surface area contributed by atoms with Crippen LogP contribution in [0, 0.1) is 0 Å². The number of hydrogen-bond donors (Lipinski definition) is 0. The van der Waals surface area contributed by atoms with Gasteiger partial charge in [-0.25, -0.2) is 0 Å². The molecule has 4 heteroatoms. The van der Waals surface area contributed by atoms with Crippen molar-refractivity contribution in [2.45, 2.75) is 5.88 Å². The first kappa shape index (κ1) is 13.8. The van der Waals surface area contributed by atoms with E-state index in [0.29, 0.717) is 5.88 Å². The Labute approximate surface area is 111 Å². The van der Waals surface area contributed by atoms with Crippen LogP contribution in [0.1, 0.15) is 5.56 Å². The zero-order valence-corrected chi connectivity index (χ0v) is 12.3. The van der Waals surface area contributed by atoms with Gasteiger partial charge in [0, 0.05) is 36.2 Å². The number of alkyl halides is 1. The minimum atomic E-state index is 0.551. The fourth-order valence-corrected chi connectivity index (χ4v) is 2.05. The third-order valence-electron chi connectivity index (χ3n) is 2.49. The maximum absolute atomic E-state index is 5.94. The molecule has 0 aromatic heterocycles. The molecule has 16 heavy (non-hydrogen) atoms. The number of nitrogens with zero attached hydrogens (tertiary/aromatic N) is 2. The Balaban J connectivity index is 2.80. The highest BCUT2D eigenvalue weighted by atomic mass is 79.9. The highest BCUT2D eigenvalue weighted by Crippen LogP contribution is 2.25. The normalized spacial score (nSPS) is 10.9. The van der Waals surface area contributed by atoms with Gasteiger partial charge >= 0.3 is 0 Å². The van der Waals surface area contributed by atoms with Crippen LogP contribution < -0.4 is 4.90 Å². The quantitative estimate of drug-likeness (QED) is 0.771. The molecule has 0 aliphatic rings. The lowest BCUT2D eigenvalue weighted by molar-refractivity contribution is 0.416. The van der Waals surface area contributed by atoms with Gasteiger partial charge in [0.2, 0.25) is 0 Å². The number of anilines is 1. The van der Waals surface area contributed by atoms with Gasteiger partial charge in [0.05, 0.1) is 0 Å². The lowest BCUT2D eigenvalue weighted by Crippen LogP contribution is -2.29. The van der Waals surface area contributed by atoms with E-state index in [1.807, 2.05) is 6.07 Å². The summed E-state index contributed by atoms with van der Waals surface area (Å²) in [5.74, 6) is 0.551. The summed E-state index contributed by atoms with van der Waals surface area (Å²) in [6, 6.07) is 6.22. The van der Waals surface area contributed by atoms with Gasteiger partial charge in [-0.3, -0.25) is 0 Å². The molecule has 0 unspecified atom stereocenters. The highest BCUT2D eigenvalue weighted by molar-refractivity contribution is 9.10. The molecule has 0 spiro atoms. The monoisotopic (exact) mass is 304 g/mol. The van der Waals surface area contributed by atoms with Crippen LogP contribution in [-0.2, 0) is 5.88 Å². The molecular formula is C12H18BrClN2. The van der Waals surface area contributed by atoms with Crippen LogP contribution in [0.5, 0.6) is 0 Å². The highest BCUT2D eigenvalue weighted by Gasteiger charge is 2.07. The molecule has 0 aliphatic carbocycles. The molecule has 1 aromatic rings. The van der Waals surface area contributed by atoms with Crippen molar-refractivity contribution in [3.8, 4) is 0 Å². The van der Waals surface area contributed by atoms with Crippen molar-refractivity contribution < 1.29 is 0 Å². The summed E-state index contributed by atoms with van der Waals surface area (Å²) in [5.41, 5.74) is 2.37. The van der Waals surface area contributed by atoms with Crippen molar-refractivity contribution in [2.24, 2.45) is 0 Å². The van der Waals surface area contributed by atoms with E-state index in [-0.39, 0.29) is 0 Å². The topological polar surface area (TPSA) is 6.48 Å². The first-order chi connectivity index (χ1) is 7.54. The molecule has 0 saturated heterocycles. The zero-order chi connectivity index (χ0) is 12.1. The molecule has 0 fully saturated rings. The summed E-state index contributed by atoms with van der Waals surface area (Å²) in [4.78, 5) is 4.41. The molecular weight excluding hydrogens is 288 g/mol. The Kier molecular flexibility index (Phi) is 5.59. The second-order valence-electron chi connectivity index (χ2n) is 4.13. The molecule has 2 nitrogen and oxygen atoms in total. The fourth-order valence-electron chi connectivity index (χ4n) is 1.48. The summed E-state index contributed by atoms with van der Waals surface area (Å²) in [6.07, 6.45) is 0. The van der Waals surface area contributed by atoms with E-state index < -0.39 is 0 Å². The van der Waals surface area contributed by atoms with Crippen LogP contribution in [0.2, 0.25) is 0 Å². The second-order valence-corrected chi connectivity index (χ2v) is 5.31. The van der Waals surface area contributed by atoms with E-state index >= 15 is 0 Å². The van der Waals surface area contributed by atoms with Crippen molar-refractivity contribution in [1.29, 1.82) is 0 Å². The van der Waals surface area contributed by atoms with Crippen LogP contribution >= 0.6 is 27.5 Å². The van der Waals surface area contributed by atoms with Gasteiger partial charge in [0.1, 0.15) is 0 Å². The maximum atomic E-state index is 5.94. The lowest BCUT2D eigenvalue weighted by Gasteiger charge is -2.24. The molecule has 0 heterocycles. The van der Waals surface area contributed by atoms with Crippen molar-refractivity contribution in [1.82, 2.24) is 4.90 Å². The molecule has 1 rings (SSSR count). The van der Waals surface area contributed by atoms with E-state index in [9.17, 15) is 0 Å². The van der Waals surface area contributed by atoms with Crippen molar-refractivity contribution in [3.63, 3.8) is 0 Å². The largest absolute Gasteiger partial charge is 0.373 e. The predicted molar refractivity (Wildman–Crippen MR) is 75.5 cm³/mol. The van der Waals surface area contributed by atoms with Gasteiger partial charge < -0.3 is 9.80 Å². The van der Waals surface area contributed by atoms with Gasteiger partial charge in [-0.2, -0.15) is 0 Å². The van der Waals surface area contributed by atoms with E-state index in [4.69, 9.17) is 11.6 Å². The van der Waals surface area contributed by atoms with Gasteiger partial charge in [0.15, 0.2) is 0 Å². The van der Waals surface area contributed by atoms with Crippen molar-refractivity contribution in [2.75, 3.05) is 39.1 Å². The number of benzene rings is 1. The van der Waals surface area contributed by atoms with Crippen LogP contribution in [0.3, 0.4) is 0 Å². The minimum absolute atomic E-state index is 0.551. The molecule has 0 saturated carbocycles. The third-order valence-corrected chi connectivity index (χ3v) is 3.27. The number of hydrogen-bond acceptors (Lipinski definition) is 2. The first-order valence-corrected chi connectivity index (χ1v) is 6.57. The van der Waals surface area contributed by atoms with Gasteiger partial charge in [-0.15, -0.1) is 11.6 Å². The number of likely N-dealkylation sites (N-methyl/N-ethyl adjacent to an activating group) is 2. The zero-order valence-electron chi connectivity index (χ0n) is 10.0. The number of rotatable bonds is 5. The van der Waals surface area contributed by atoms with Crippen LogP contribution in [-0.4, -0.2) is 39.1 Å². The molecule has 0 bridgehead atoms. The first-order valence-electron chi connectivity index (χ1n) is 5.25. The van der Waals surface area contributed by atoms with Crippen molar-refractivity contribution in [3.05, 3.63) is 28.2 Å². The lowest BCUT2D eigenvalue weighted by atomic mass is 10.2. The number of halogens is 2. The molecule has 0 N–H and O–H groups in total. The molecule has 90 valence electrons. The minimum Gasteiger partial charge on any atom is -0.373 e. The Morgan fingerprint density at radius 2 is 1.88 bits per heavy atom. The molecule has 1 aromatic carbocycles. The average Bonchev–Trinajstić information content (AvgIpc) is 2.25. The fraction of sp³-hybridized carbons (Fsp3) is 0.500. The standard InChI is InChI=1S/C12H18BrClN2/c1-15(2)6-7-16(3)12-8-11(13)5-4-10(12)9-14/h4-5,8H,6-7,9H2,1-3H3. The van der Waals surface area contributed by atoms with Gasteiger partial charge in [0.25, 0.3) is 0 Å². The van der Waals surface area contributed by atoms with Crippen LogP contribution in [0.25, 0.3) is 0 Å². The van der Waals surface area contributed by atoms with Gasteiger partial charge in [-0.05, 0) is 31.8 Å². The Morgan fingerprint density at radius 3 is 2.44 bits per heavy atom. The summed E-state index contributed by atoms with van der Waals surface area (Å²) >= 11 is 9.43. The molecule has 0 amide bonds. The summed E-state index contributed by atoms with van der Waals surface area (Å²) in [5, 5.41) is 0. The summed E-state index contributed by atoms with van der Waals surface area (Å²) in [6.45, 7) is 2.03. The Hall–Kier alpha value is -0.250. The SMILES string of the molecule is CN(C)CCN(C)c1cc(Br)ccc1CCl. The van der Waals surface area contributed by atoms with Gasteiger partial charge in [-0.1, -0.05) is 22.0 Å². The van der Waals surface area contributed by atoms with E-state index in [1.165, 1.54) is 11.3 Å². The Bertz CT molecular complexity index is 342. The van der Waals surface area contributed by atoms with E-state index in [1.54, 1.807) is 0 Å². The van der Waals surface area contributed by atoms with Crippen LogP contribution in [0.15, 0.2) is 22.7 Å². The summed E-state index contributed by atoms with van der Waals surface area (Å²) < 4.78 is 1.09. The Morgan fingerprint density at radius 1 is 1.19 bits per heavy atom. The van der Waals surface area contributed by atoms with Crippen LogP contribution in [0.4, 0.5) is 5.69 Å². The molecule has 0 aliphatic heterocycles.